The lowest BCUT2D eigenvalue weighted by atomic mass is 9.81. The molecular formula is C12H18N4O. The van der Waals surface area contributed by atoms with Gasteiger partial charge in [0.1, 0.15) is 5.82 Å². The maximum Gasteiger partial charge on any atom is 0.227 e. The maximum absolute atomic E-state index is 11.9. The molecule has 0 aromatic carbocycles. The van der Waals surface area contributed by atoms with Crippen molar-refractivity contribution in [1.29, 1.82) is 0 Å². The number of nitrogens with zero attached hydrogens (tertiary/aromatic N) is 3. The largest absolute Gasteiger partial charge is 0.359 e. The number of carbonyl (C=O) groups excluding carboxylic acids is 1. The number of piperidine rings is 1. The van der Waals surface area contributed by atoms with E-state index in [2.05, 4.69) is 20.2 Å². The minimum atomic E-state index is -0.329. The molecule has 0 saturated carbocycles. The lowest BCUT2D eigenvalue weighted by molar-refractivity contribution is -0.130. The minimum Gasteiger partial charge on any atom is -0.359 e. The molecule has 0 radical (unpaired) electrons. The first-order valence-corrected chi connectivity index (χ1v) is 5.89. The van der Waals surface area contributed by atoms with E-state index < -0.39 is 0 Å². The molecule has 17 heavy (non-hydrogen) atoms. The Labute approximate surface area is 101 Å². The standard InChI is InChI=1S/C12H18N4O/c1-12(11(17)13-2)4-3-7-16(9-12)10-8-14-5-6-15-10/h5-6,8H,3-4,7,9H2,1-2H3,(H,13,17)/t12-/m1/s1. The van der Waals surface area contributed by atoms with Crippen LogP contribution in [0.4, 0.5) is 5.82 Å². The van der Waals surface area contributed by atoms with Crippen LogP contribution < -0.4 is 10.2 Å². The fraction of sp³-hybridized carbons (Fsp3) is 0.583. The molecule has 1 amide bonds. The molecule has 1 saturated heterocycles. The van der Waals surface area contributed by atoms with Crippen molar-refractivity contribution in [1.82, 2.24) is 15.3 Å². The molecule has 5 heteroatoms. The summed E-state index contributed by atoms with van der Waals surface area (Å²) < 4.78 is 0. The molecule has 92 valence electrons. The number of carbonyl (C=O) groups is 1. The van der Waals surface area contributed by atoms with Gasteiger partial charge in [0.2, 0.25) is 5.91 Å². The zero-order valence-corrected chi connectivity index (χ0v) is 10.3. The highest BCUT2D eigenvalue weighted by molar-refractivity contribution is 5.82. The highest BCUT2D eigenvalue weighted by Crippen LogP contribution is 2.31. The van der Waals surface area contributed by atoms with Crippen LogP contribution in [0.3, 0.4) is 0 Å². The molecule has 2 rings (SSSR count). The molecule has 5 nitrogen and oxygen atoms in total. The monoisotopic (exact) mass is 234 g/mol. The van der Waals surface area contributed by atoms with Gasteiger partial charge in [-0.25, -0.2) is 4.98 Å². The Kier molecular flexibility index (Phi) is 3.26. The molecule has 1 aromatic heterocycles. The lowest BCUT2D eigenvalue weighted by Crippen LogP contribution is -2.49. The maximum atomic E-state index is 11.9. The highest BCUT2D eigenvalue weighted by Gasteiger charge is 2.37. The van der Waals surface area contributed by atoms with Crippen LogP contribution in [-0.4, -0.2) is 36.0 Å². The number of anilines is 1. The van der Waals surface area contributed by atoms with Gasteiger partial charge in [-0.1, -0.05) is 0 Å². The molecule has 0 aliphatic carbocycles. The van der Waals surface area contributed by atoms with E-state index in [1.807, 2.05) is 6.92 Å². The molecule has 1 aromatic rings. The quantitative estimate of drug-likeness (QED) is 0.823. The fourth-order valence-corrected chi connectivity index (χ4v) is 2.38. The topological polar surface area (TPSA) is 58.1 Å². The number of aromatic nitrogens is 2. The Morgan fingerprint density at radius 1 is 1.53 bits per heavy atom. The first-order chi connectivity index (χ1) is 8.15. The number of rotatable bonds is 2. The van der Waals surface area contributed by atoms with Gasteiger partial charge >= 0.3 is 0 Å². The summed E-state index contributed by atoms with van der Waals surface area (Å²) in [5.74, 6) is 0.952. The molecule has 1 fully saturated rings. The molecule has 1 aliphatic heterocycles. The summed E-state index contributed by atoms with van der Waals surface area (Å²) in [6.45, 7) is 3.64. The normalized spacial score (nSPS) is 24.5. The van der Waals surface area contributed by atoms with Crippen LogP contribution in [0, 0.1) is 5.41 Å². The zero-order chi connectivity index (χ0) is 12.3. The second kappa shape index (κ2) is 4.69. The Balaban J connectivity index is 2.15. The molecule has 0 unspecified atom stereocenters. The molecule has 2 heterocycles. The molecule has 1 atom stereocenters. The van der Waals surface area contributed by atoms with Gasteiger partial charge < -0.3 is 10.2 Å². The third-order valence-corrected chi connectivity index (χ3v) is 3.35. The summed E-state index contributed by atoms with van der Waals surface area (Å²) >= 11 is 0. The number of hydrogen-bond acceptors (Lipinski definition) is 4. The summed E-state index contributed by atoms with van der Waals surface area (Å²) in [4.78, 5) is 22.4. The van der Waals surface area contributed by atoms with Gasteiger partial charge in [-0.2, -0.15) is 0 Å². The third-order valence-electron chi connectivity index (χ3n) is 3.35. The Morgan fingerprint density at radius 3 is 3.00 bits per heavy atom. The van der Waals surface area contributed by atoms with Crippen LogP contribution in [-0.2, 0) is 4.79 Å². The van der Waals surface area contributed by atoms with E-state index in [-0.39, 0.29) is 11.3 Å². The van der Waals surface area contributed by atoms with Gasteiger partial charge in [-0.3, -0.25) is 9.78 Å². The van der Waals surface area contributed by atoms with Crippen LogP contribution in [0.1, 0.15) is 19.8 Å². The highest BCUT2D eigenvalue weighted by atomic mass is 16.2. The summed E-state index contributed by atoms with van der Waals surface area (Å²) in [5.41, 5.74) is -0.329. The first-order valence-electron chi connectivity index (χ1n) is 5.89. The molecule has 0 spiro atoms. The van der Waals surface area contributed by atoms with Crippen LogP contribution in [0.2, 0.25) is 0 Å². The number of hydrogen-bond donors (Lipinski definition) is 1. The Morgan fingerprint density at radius 2 is 2.35 bits per heavy atom. The number of amides is 1. The van der Waals surface area contributed by atoms with Gasteiger partial charge in [-0.15, -0.1) is 0 Å². The second-order valence-electron chi connectivity index (χ2n) is 4.73. The number of nitrogens with one attached hydrogen (secondary N) is 1. The van der Waals surface area contributed by atoms with Gasteiger partial charge in [0, 0.05) is 32.5 Å². The smallest absolute Gasteiger partial charge is 0.227 e. The second-order valence-corrected chi connectivity index (χ2v) is 4.73. The average Bonchev–Trinajstić information content (AvgIpc) is 2.39. The predicted octanol–water partition coefficient (Wildman–Crippen LogP) is 0.829. The molecule has 0 bridgehead atoms. The first kappa shape index (κ1) is 11.8. The summed E-state index contributed by atoms with van der Waals surface area (Å²) in [5, 5.41) is 2.75. The van der Waals surface area contributed by atoms with Crippen LogP contribution in [0.25, 0.3) is 0 Å². The van der Waals surface area contributed by atoms with E-state index in [1.54, 1.807) is 25.6 Å². The van der Waals surface area contributed by atoms with Crippen molar-refractivity contribution in [2.45, 2.75) is 19.8 Å². The van der Waals surface area contributed by atoms with E-state index in [0.717, 1.165) is 25.2 Å². The fourth-order valence-electron chi connectivity index (χ4n) is 2.38. The van der Waals surface area contributed by atoms with E-state index in [9.17, 15) is 4.79 Å². The molecule has 1 aliphatic rings. The van der Waals surface area contributed by atoms with E-state index >= 15 is 0 Å². The van der Waals surface area contributed by atoms with Crippen molar-refractivity contribution >= 4 is 11.7 Å². The average molecular weight is 234 g/mol. The summed E-state index contributed by atoms with van der Waals surface area (Å²) in [7, 11) is 1.69. The SMILES string of the molecule is CNC(=O)[C@]1(C)CCCN(c2cnccn2)C1. The zero-order valence-electron chi connectivity index (χ0n) is 10.3. The van der Waals surface area contributed by atoms with E-state index in [4.69, 9.17) is 0 Å². The van der Waals surface area contributed by atoms with Gasteiger partial charge in [0.25, 0.3) is 0 Å². The molecule has 1 N–H and O–H groups in total. The van der Waals surface area contributed by atoms with Gasteiger partial charge in [-0.05, 0) is 19.8 Å². The Bertz CT molecular complexity index is 395. The lowest BCUT2D eigenvalue weighted by Gasteiger charge is -2.39. The summed E-state index contributed by atoms with van der Waals surface area (Å²) in [6.07, 6.45) is 7.01. The van der Waals surface area contributed by atoms with Crippen molar-refractivity contribution in [3.63, 3.8) is 0 Å². The van der Waals surface area contributed by atoms with E-state index in [0.29, 0.717) is 6.54 Å². The van der Waals surface area contributed by atoms with Crippen molar-refractivity contribution in [2.24, 2.45) is 5.41 Å². The van der Waals surface area contributed by atoms with Crippen molar-refractivity contribution in [3.05, 3.63) is 18.6 Å². The van der Waals surface area contributed by atoms with Crippen LogP contribution in [0.15, 0.2) is 18.6 Å². The van der Waals surface area contributed by atoms with Crippen LogP contribution in [0.5, 0.6) is 0 Å². The van der Waals surface area contributed by atoms with E-state index in [1.165, 1.54) is 0 Å². The predicted molar refractivity (Wildman–Crippen MR) is 65.7 cm³/mol. The third kappa shape index (κ3) is 2.38. The molecular weight excluding hydrogens is 216 g/mol. The van der Waals surface area contributed by atoms with Crippen LogP contribution >= 0.6 is 0 Å². The van der Waals surface area contributed by atoms with Gasteiger partial charge in [0.15, 0.2) is 0 Å². The minimum absolute atomic E-state index is 0.103. The summed E-state index contributed by atoms with van der Waals surface area (Å²) in [6, 6.07) is 0. The Hall–Kier alpha value is -1.65. The van der Waals surface area contributed by atoms with Crippen molar-refractivity contribution < 1.29 is 4.79 Å². The van der Waals surface area contributed by atoms with Crippen molar-refractivity contribution in [3.8, 4) is 0 Å². The van der Waals surface area contributed by atoms with Gasteiger partial charge in [0.05, 0.1) is 11.6 Å². The van der Waals surface area contributed by atoms with Crippen molar-refractivity contribution in [2.75, 3.05) is 25.0 Å².